The highest BCUT2D eigenvalue weighted by molar-refractivity contribution is 7.90. The number of rotatable bonds is 6. The van der Waals surface area contributed by atoms with E-state index in [-0.39, 0.29) is 11.5 Å². The summed E-state index contributed by atoms with van der Waals surface area (Å²) in [5.41, 5.74) is 6.04. The molecule has 0 aliphatic carbocycles. The van der Waals surface area contributed by atoms with Crippen LogP contribution in [0.15, 0.2) is 24.3 Å². The topological polar surface area (TPSA) is 69.4 Å². The predicted molar refractivity (Wildman–Crippen MR) is 64.2 cm³/mol. The minimum Gasteiger partial charge on any atom is -0.497 e. The molecule has 0 unspecified atom stereocenters. The molecule has 0 saturated heterocycles. The van der Waals surface area contributed by atoms with Gasteiger partial charge in [-0.25, -0.2) is 8.42 Å². The van der Waals surface area contributed by atoms with Crippen LogP contribution in [0.4, 0.5) is 0 Å². The molecule has 0 heterocycles. The number of methoxy groups -OCH3 is 1. The van der Waals surface area contributed by atoms with Crippen molar-refractivity contribution in [2.45, 2.75) is 12.2 Å². The molecule has 0 aliphatic heterocycles. The van der Waals surface area contributed by atoms with E-state index < -0.39 is 9.84 Å². The Bertz CT molecular complexity index is 429. The Hall–Kier alpha value is -1.07. The smallest absolute Gasteiger partial charge is 0.154 e. The molecule has 90 valence electrons. The molecule has 1 aromatic rings. The fourth-order valence-electron chi connectivity index (χ4n) is 1.39. The van der Waals surface area contributed by atoms with Gasteiger partial charge in [0.1, 0.15) is 5.75 Å². The van der Waals surface area contributed by atoms with E-state index in [1.807, 2.05) is 0 Å². The number of hydrogen-bond donors (Lipinski definition) is 1. The van der Waals surface area contributed by atoms with E-state index in [0.717, 1.165) is 5.56 Å². The molecule has 1 aromatic carbocycles. The average molecular weight is 243 g/mol. The van der Waals surface area contributed by atoms with Crippen molar-refractivity contribution in [2.75, 3.05) is 19.4 Å². The first-order chi connectivity index (χ1) is 7.57. The lowest BCUT2D eigenvalue weighted by Gasteiger charge is -2.05. The first-order valence-electron chi connectivity index (χ1n) is 5.11. The molecule has 0 aromatic heterocycles. The first-order valence-corrected chi connectivity index (χ1v) is 6.93. The minimum absolute atomic E-state index is 0.0458. The number of ether oxygens (including phenoxy) is 1. The normalized spacial score (nSPS) is 11.4. The van der Waals surface area contributed by atoms with Gasteiger partial charge in [0.25, 0.3) is 0 Å². The maximum absolute atomic E-state index is 11.7. The summed E-state index contributed by atoms with van der Waals surface area (Å²) in [6.45, 7) is 0.400. The maximum Gasteiger partial charge on any atom is 0.154 e. The van der Waals surface area contributed by atoms with Crippen molar-refractivity contribution in [1.29, 1.82) is 0 Å². The van der Waals surface area contributed by atoms with Crippen LogP contribution in [0.3, 0.4) is 0 Å². The second-order valence-corrected chi connectivity index (χ2v) is 5.77. The molecule has 0 aliphatic rings. The SMILES string of the molecule is COc1cccc(CS(=O)(=O)CCCN)c1. The van der Waals surface area contributed by atoms with Gasteiger partial charge < -0.3 is 10.5 Å². The molecule has 1 rings (SSSR count). The summed E-state index contributed by atoms with van der Waals surface area (Å²) in [7, 11) is -1.50. The molecule has 0 saturated carbocycles. The van der Waals surface area contributed by atoms with Crippen LogP contribution in [0, 0.1) is 0 Å². The largest absolute Gasteiger partial charge is 0.497 e. The lowest BCUT2D eigenvalue weighted by molar-refractivity contribution is 0.414. The molecule has 4 nitrogen and oxygen atoms in total. The van der Waals surface area contributed by atoms with Crippen molar-refractivity contribution in [1.82, 2.24) is 0 Å². The average Bonchev–Trinajstić information content (AvgIpc) is 2.26. The number of benzene rings is 1. The van der Waals surface area contributed by atoms with Crippen LogP contribution in [0.2, 0.25) is 0 Å². The monoisotopic (exact) mass is 243 g/mol. The van der Waals surface area contributed by atoms with Gasteiger partial charge in [-0.2, -0.15) is 0 Å². The third-order valence-corrected chi connectivity index (χ3v) is 3.86. The van der Waals surface area contributed by atoms with Crippen LogP contribution in [-0.4, -0.2) is 27.8 Å². The molecule has 0 atom stereocenters. The van der Waals surface area contributed by atoms with Crippen molar-refractivity contribution in [3.05, 3.63) is 29.8 Å². The Morgan fingerprint density at radius 3 is 2.75 bits per heavy atom. The zero-order valence-electron chi connectivity index (χ0n) is 9.35. The number of sulfone groups is 1. The van der Waals surface area contributed by atoms with Gasteiger partial charge in [-0.1, -0.05) is 12.1 Å². The zero-order chi connectivity index (χ0) is 12.0. The van der Waals surface area contributed by atoms with Gasteiger partial charge in [-0.15, -0.1) is 0 Å². The second kappa shape index (κ2) is 5.86. The highest BCUT2D eigenvalue weighted by atomic mass is 32.2. The summed E-state index contributed by atoms with van der Waals surface area (Å²) in [6, 6.07) is 7.09. The van der Waals surface area contributed by atoms with Crippen LogP contribution in [0.25, 0.3) is 0 Å². The molecule has 16 heavy (non-hydrogen) atoms. The van der Waals surface area contributed by atoms with Crippen LogP contribution in [-0.2, 0) is 15.6 Å². The molecule has 0 bridgehead atoms. The summed E-state index contributed by atoms with van der Waals surface area (Å²) >= 11 is 0. The van der Waals surface area contributed by atoms with Gasteiger partial charge in [-0.3, -0.25) is 0 Å². The van der Waals surface area contributed by atoms with Crippen LogP contribution in [0.1, 0.15) is 12.0 Å². The van der Waals surface area contributed by atoms with E-state index in [1.165, 1.54) is 0 Å². The van der Waals surface area contributed by atoms with Gasteiger partial charge in [0, 0.05) is 0 Å². The lowest BCUT2D eigenvalue weighted by atomic mass is 10.2. The summed E-state index contributed by atoms with van der Waals surface area (Å²) in [5.74, 6) is 0.858. The van der Waals surface area contributed by atoms with E-state index in [1.54, 1.807) is 31.4 Å². The molecule has 0 radical (unpaired) electrons. The fraction of sp³-hybridized carbons (Fsp3) is 0.455. The maximum atomic E-state index is 11.7. The van der Waals surface area contributed by atoms with Crippen molar-refractivity contribution in [3.63, 3.8) is 0 Å². The van der Waals surface area contributed by atoms with E-state index in [0.29, 0.717) is 18.7 Å². The summed E-state index contributed by atoms with van der Waals surface area (Å²) in [4.78, 5) is 0. The Morgan fingerprint density at radius 2 is 2.12 bits per heavy atom. The van der Waals surface area contributed by atoms with Crippen LogP contribution in [0.5, 0.6) is 5.75 Å². The third kappa shape index (κ3) is 4.20. The molecular formula is C11H17NO3S. The summed E-state index contributed by atoms with van der Waals surface area (Å²) in [5, 5.41) is 0. The van der Waals surface area contributed by atoms with Gasteiger partial charge in [0.05, 0.1) is 18.6 Å². The first kappa shape index (κ1) is 13.0. The minimum atomic E-state index is -3.06. The molecule has 0 spiro atoms. The fourth-order valence-corrected chi connectivity index (χ4v) is 2.83. The third-order valence-electron chi connectivity index (χ3n) is 2.18. The standard InChI is InChI=1S/C11H17NO3S/c1-15-11-5-2-4-10(8-11)9-16(13,14)7-3-6-12/h2,4-5,8H,3,6-7,9,12H2,1H3. The van der Waals surface area contributed by atoms with Gasteiger partial charge in [0.2, 0.25) is 0 Å². The Morgan fingerprint density at radius 1 is 1.38 bits per heavy atom. The molecule has 5 heteroatoms. The Kier molecular flexibility index (Phi) is 4.76. The van der Waals surface area contributed by atoms with Crippen LogP contribution >= 0.6 is 0 Å². The quantitative estimate of drug-likeness (QED) is 0.808. The van der Waals surface area contributed by atoms with Crippen molar-refractivity contribution in [2.24, 2.45) is 5.73 Å². The van der Waals surface area contributed by atoms with Gasteiger partial charge in [-0.05, 0) is 30.7 Å². The lowest BCUT2D eigenvalue weighted by Crippen LogP contribution is -2.13. The summed E-state index contributed by atoms with van der Waals surface area (Å²) < 4.78 is 28.4. The highest BCUT2D eigenvalue weighted by Gasteiger charge is 2.11. The van der Waals surface area contributed by atoms with Crippen LogP contribution < -0.4 is 10.5 Å². The Labute approximate surface area is 96.3 Å². The number of hydrogen-bond acceptors (Lipinski definition) is 4. The Balaban J connectivity index is 2.72. The number of nitrogens with two attached hydrogens (primary N) is 1. The zero-order valence-corrected chi connectivity index (χ0v) is 10.2. The molecule has 0 amide bonds. The van der Waals surface area contributed by atoms with Crippen molar-refractivity contribution >= 4 is 9.84 Å². The van der Waals surface area contributed by atoms with E-state index >= 15 is 0 Å². The van der Waals surface area contributed by atoms with Gasteiger partial charge in [0.15, 0.2) is 9.84 Å². The second-order valence-electron chi connectivity index (χ2n) is 3.59. The van der Waals surface area contributed by atoms with Crippen molar-refractivity contribution < 1.29 is 13.2 Å². The van der Waals surface area contributed by atoms with E-state index in [4.69, 9.17) is 10.5 Å². The molecular weight excluding hydrogens is 226 g/mol. The molecule has 2 N–H and O–H groups in total. The van der Waals surface area contributed by atoms with Crippen molar-refractivity contribution in [3.8, 4) is 5.75 Å². The highest BCUT2D eigenvalue weighted by Crippen LogP contribution is 2.15. The molecule has 0 fully saturated rings. The predicted octanol–water partition coefficient (Wildman–Crippen LogP) is 0.959. The van der Waals surface area contributed by atoms with Gasteiger partial charge >= 0.3 is 0 Å². The van der Waals surface area contributed by atoms with E-state index in [9.17, 15) is 8.42 Å². The van der Waals surface area contributed by atoms with E-state index in [2.05, 4.69) is 0 Å². The summed E-state index contributed by atoms with van der Waals surface area (Å²) in [6.07, 6.45) is 0.506.